The fraction of sp³-hybridized carbons (Fsp3) is 0.574. The first-order chi connectivity index (χ1) is 26.2. The molecule has 7 nitrogen and oxygen atoms in total. The number of likely N-dealkylation sites (tertiary alicyclic amines) is 1. The summed E-state index contributed by atoms with van der Waals surface area (Å²) in [6.07, 6.45) is 15.2. The van der Waals surface area contributed by atoms with Gasteiger partial charge in [0.25, 0.3) is 5.91 Å². The van der Waals surface area contributed by atoms with Gasteiger partial charge in [0.2, 0.25) is 5.91 Å². The summed E-state index contributed by atoms with van der Waals surface area (Å²) in [7, 11) is 0. The maximum atomic E-state index is 14.5. The van der Waals surface area contributed by atoms with E-state index in [0.29, 0.717) is 30.4 Å². The highest BCUT2D eigenvalue weighted by Crippen LogP contribution is 2.47. The molecule has 4 aliphatic rings. The first-order valence-electron chi connectivity index (χ1n) is 21.2. The molecule has 3 N–H and O–H groups in total. The lowest BCUT2D eigenvalue weighted by Gasteiger charge is -2.41. The molecule has 2 heterocycles. The lowest BCUT2D eigenvalue weighted by molar-refractivity contribution is -0.132. The maximum absolute atomic E-state index is 14.5. The molecule has 7 heteroatoms. The maximum Gasteiger partial charge on any atom is 0.251 e. The van der Waals surface area contributed by atoms with Crippen molar-refractivity contribution in [2.24, 2.45) is 5.92 Å². The Bertz CT molecular complexity index is 1730. The number of piperidine rings is 1. The Kier molecular flexibility index (Phi) is 12.4. The van der Waals surface area contributed by atoms with Crippen molar-refractivity contribution in [3.8, 4) is 5.75 Å². The molecule has 290 valence electrons. The van der Waals surface area contributed by atoms with Gasteiger partial charge in [0.15, 0.2) is 0 Å². The first kappa shape index (κ1) is 38.6. The van der Waals surface area contributed by atoms with E-state index in [9.17, 15) is 14.7 Å². The minimum Gasteiger partial charge on any atom is -0.487 e. The van der Waals surface area contributed by atoms with Crippen LogP contribution in [0.2, 0.25) is 0 Å². The van der Waals surface area contributed by atoms with Gasteiger partial charge in [-0.15, -0.1) is 0 Å². The van der Waals surface area contributed by atoms with E-state index in [4.69, 9.17) is 4.74 Å². The van der Waals surface area contributed by atoms with Crippen LogP contribution in [0.1, 0.15) is 160 Å². The van der Waals surface area contributed by atoms with Gasteiger partial charge in [-0.3, -0.25) is 9.59 Å². The van der Waals surface area contributed by atoms with Crippen LogP contribution in [-0.4, -0.2) is 52.7 Å². The summed E-state index contributed by atoms with van der Waals surface area (Å²) in [4.78, 5) is 29.3. The van der Waals surface area contributed by atoms with Crippen molar-refractivity contribution in [3.63, 3.8) is 0 Å². The molecule has 2 unspecified atom stereocenters. The van der Waals surface area contributed by atoms with Crippen molar-refractivity contribution in [2.75, 3.05) is 13.1 Å². The number of ether oxygens (including phenoxy) is 1. The number of amides is 2. The summed E-state index contributed by atoms with van der Waals surface area (Å²) in [6, 6.07) is 22.6. The van der Waals surface area contributed by atoms with E-state index in [1.165, 1.54) is 61.6 Å². The van der Waals surface area contributed by atoms with Gasteiger partial charge in [-0.25, -0.2) is 0 Å². The number of rotatable bonds is 12. The third-order valence-corrected chi connectivity index (χ3v) is 13.3. The lowest BCUT2D eigenvalue weighted by atomic mass is 9.77. The van der Waals surface area contributed by atoms with Crippen LogP contribution in [0.25, 0.3) is 0 Å². The van der Waals surface area contributed by atoms with Gasteiger partial charge in [-0.2, -0.15) is 0 Å². The largest absolute Gasteiger partial charge is 0.487 e. The normalized spacial score (nSPS) is 22.9. The second-order valence-electron chi connectivity index (χ2n) is 17.0. The number of carbonyl (C=O) groups is 2. The molecular weight excluding hydrogens is 671 g/mol. The molecule has 5 atom stereocenters. The summed E-state index contributed by atoms with van der Waals surface area (Å²) in [5.41, 5.74) is 6.21. The third kappa shape index (κ3) is 8.89. The van der Waals surface area contributed by atoms with Crippen LogP contribution >= 0.6 is 0 Å². The zero-order chi connectivity index (χ0) is 37.7. The minimum atomic E-state index is -0.829. The Balaban J connectivity index is 1.15. The molecule has 3 fully saturated rings. The molecule has 7 rings (SSSR count). The molecule has 0 radical (unpaired) electrons. The van der Waals surface area contributed by atoms with Crippen LogP contribution in [-0.2, 0) is 17.6 Å². The molecule has 1 saturated heterocycles. The van der Waals surface area contributed by atoms with E-state index in [1.54, 1.807) is 6.92 Å². The van der Waals surface area contributed by atoms with Crippen molar-refractivity contribution in [3.05, 3.63) is 100 Å². The van der Waals surface area contributed by atoms with Gasteiger partial charge >= 0.3 is 0 Å². The number of nitrogens with one attached hydrogen (secondary N) is 2. The number of nitrogens with zero attached hydrogens (tertiary/aromatic N) is 1. The predicted molar refractivity (Wildman–Crippen MR) is 216 cm³/mol. The topological polar surface area (TPSA) is 90.9 Å². The Hall–Kier alpha value is -3.68. The van der Waals surface area contributed by atoms with Gasteiger partial charge in [0, 0.05) is 43.6 Å². The SMILES string of the molecule is CCc1ccc2c(c1)[C@@H](NC[C@@H](O)[C@H](Cc1ccccc1)NC(=O)c1cc(C(C)C3CCCCC3)cc(C3CCCCN3C(C)=O)c1)CC1(CCCC1)O2. The van der Waals surface area contributed by atoms with Gasteiger partial charge in [0.05, 0.1) is 18.2 Å². The number of aliphatic hydroxyl groups excluding tert-OH is 1. The zero-order valence-corrected chi connectivity index (χ0v) is 33.0. The summed E-state index contributed by atoms with van der Waals surface area (Å²) < 4.78 is 6.70. The minimum absolute atomic E-state index is 0.0325. The van der Waals surface area contributed by atoms with E-state index in [-0.39, 0.29) is 29.5 Å². The molecule has 54 heavy (non-hydrogen) atoms. The van der Waals surface area contributed by atoms with Crippen molar-refractivity contribution in [1.29, 1.82) is 0 Å². The summed E-state index contributed by atoms with van der Waals surface area (Å²) in [5, 5.41) is 19.1. The lowest BCUT2D eigenvalue weighted by Crippen LogP contribution is -2.50. The Morgan fingerprint density at radius 1 is 0.907 bits per heavy atom. The van der Waals surface area contributed by atoms with Gasteiger partial charge in [-0.1, -0.05) is 81.6 Å². The van der Waals surface area contributed by atoms with Gasteiger partial charge < -0.3 is 25.4 Å². The number of hydrogen-bond donors (Lipinski definition) is 3. The number of benzene rings is 3. The molecule has 0 bridgehead atoms. The van der Waals surface area contributed by atoms with Crippen LogP contribution in [0.15, 0.2) is 66.7 Å². The highest BCUT2D eigenvalue weighted by atomic mass is 16.5. The molecule has 2 aliphatic heterocycles. The first-order valence-corrected chi connectivity index (χ1v) is 21.2. The molecule has 1 spiro atoms. The average Bonchev–Trinajstić information content (AvgIpc) is 3.66. The highest BCUT2D eigenvalue weighted by molar-refractivity contribution is 5.95. The monoisotopic (exact) mass is 733 g/mol. The van der Waals surface area contributed by atoms with Gasteiger partial charge in [0.1, 0.15) is 11.4 Å². The van der Waals surface area contributed by atoms with Crippen molar-refractivity contribution < 1.29 is 19.4 Å². The van der Waals surface area contributed by atoms with E-state index >= 15 is 0 Å². The molecular formula is C47H63N3O4. The third-order valence-electron chi connectivity index (χ3n) is 13.3. The summed E-state index contributed by atoms with van der Waals surface area (Å²) >= 11 is 0. The van der Waals surface area contributed by atoms with Crippen molar-refractivity contribution in [1.82, 2.24) is 15.5 Å². The fourth-order valence-corrected chi connectivity index (χ4v) is 10.1. The second kappa shape index (κ2) is 17.4. The zero-order valence-electron chi connectivity index (χ0n) is 33.0. The molecule has 2 amide bonds. The smallest absolute Gasteiger partial charge is 0.251 e. The molecule has 3 aromatic carbocycles. The van der Waals surface area contributed by atoms with E-state index in [0.717, 1.165) is 68.4 Å². The molecule has 2 aliphatic carbocycles. The summed E-state index contributed by atoms with van der Waals surface area (Å²) in [6.45, 7) is 7.26. The van der Waals surface area contributed by atoms with E-state index in [1.807, 2.05) is 29.2 Å². The number of aryl methyl sites for hydroxylation is 1. The van der Waals surface area contributed by atoms with Crippen LogP contribution in [0.5, 0.6) is 5.75 Å². The quantitative estimate of drug-likeness (QED) is 0.173. The predicted octanol–water partition coefficient (Wildman–Crippen LogP) is 9.13. The van der Waals surface area contributed by atoms with E-state index < -0.39 is 12.1 Å². The Morgan fingerprint density at radius 3 is 2.41 bits per heavy atom. The highest BCUT2D eigenvalue weighted by Gasteiger charge is 2.43. The van der Waals surface area contributed by atoms with Crippen LogP contribution in [0, 0.1) is 5.92 Å². The number of aliphatic hydroxyl groups is 1. The van der Waals surface area contributed by atoms with Crippen LogP contribution in [0.3, 0.4) is 0 Å². The number of hydrogen-bond acceptors (Lipinski definition) is 5. The number of fused-ring (bicyclic) bond motifs is 1. The van der Waals surface area contributed by atoms with Crippen molar-refractivity contribution in [2.45, 2.75) is 153 Å². The summed E-state index contributed by atoms with van der Waals surface area (Å²) in [5.74, 6) is 1.78. The van der Waals surface area contributed by atoms with Crippen LogP contribution < -0.4 is 15.4 Å². The van der Waals surface area contributed by atoms with Crippen molar-refractivity contribution >= 4 is 11.8 Å². The van der Waals surface area contributed by atoms with E-state index in [2.05, 4.69) is 66.9 Å². The molecule has 2 saturated carbocycles. The van der Waals surface area contributed by atoms with Gasteiger partial charge in [-0.05, 0) is 123 Å². The fourth-order valence-electron chi connectivity index (χ4n) is 10.1. The molecule has 0 aromatic heterocycles. The second-order valence-corrected chi connectivity index (χ2v) is 17.0. The Morgan fingerprint density at radius 2 is 1.67 bits per heavy atom. The number of carbonyl (C=O) groups excluding carboxylic acids is 2. The Labute approximate surface area is 323 Å². The standard InChI is InChI=1S/C47H63N3O4/c1-4-34-20-21-45-40(25-34)42(30-47(54-45)22-12-13-23-47)48-31-44(52)41(26-35-15-7-5-8-16-35)49-46(53)39-28-37(32(2)36-17-9-6-10-18-36)27-38(29-39)43-19-11-14-24-50(43)33(3)51/h5,7-8,15-16,20-21,25,27-29,32,36,41-44,48,52H,4,6,9-14,17-19,22-24,26,30-31H2,1-3H3,(H,49,53)/t32?,41-,42-,43?,44+/m0/s1. The average molecular weight is 734 g/mol. The molecule has 3 aromatic rings. The van der Waals surface area contributed by atoms with Crippen LogP contribution in [0.4, 0.5) is 0 Å².